The van der Waals surface area contributed by atoms with Gasteiger partial charge in [-0.25, -0.2) is 9.97 Å². The van der Waals surface area contributed by atoms with Crippen LogP contribution in [-0.2, 0) is 6.42 Å². The SMILES string of the molecule is CCc1nc(NC)c(C)c(NC(C)c2ccc(Br)cc2)n1. The molecule has 0 spiro atoms. The number of halogens is 1. The summed E-state index contributed by atoms with van der Waals surface area (Å²) in [6.07, 6.45) is 0.816. The van der Waals surface area contributed by atoms with Gasteiger partial charge in [0.1, 0.15) is 17.5 Å². The zero-order valence-corrected chi connectivity index (χ0v) is 14.5. The summed E-state index contributed by atoms with van der Waals surface area (Å²) in [5.41, 5.74) is 2.26. The smallest absolute Gasteiger partial charge is 0.135 e. The number of rotatable bonds is 5. The lowest BCUT2D eigenvalue weighted by atomic mass is 10.1. The molecule has 1 unspecified atom stereocenters. The lowest BCUT2D eigenvalue weighted by Crippen LogP contribution is -2.12. The molecule has 2 rings (SSSR count). The van der Waals surface area contributed by atoms with Gasteiger partial charge in [-0.3, -0.25) is 0 Å². The molecule has 1 heterocycles. The second kappa shape index (κ2) is 6.89. The monoisotopic (exact) mass is 348 g/mol. The predicted molar refractivity (Wildman–Crippen MR) is 91.9 cm³/mol. The molecule has 2 N–H and O–H groups in total. The van der Waals surface area contributed by atoms with Crippen LogP contribution in [0.15, 0.2) is 28.7 Å². The van der Waals surface area contributed by atoms with Gasteiger partial charge in [-0.2, -0.15) is 0 Å². The van der Waals surface area contributed by atoms with Gasteiger partial charge < -0.3 is 10.6 Å². The highest BCUT2D eigenvalue weighted by atomic mass is 79.9. The van der Waals surface area contributed by atoms with Gasteiger partial charge in [-0.1, -0.05) is 35.0 Å². The van der Waals surface area contributed by atoms with Gasteiger partial charge in [0.2, 0.25) is 0 Å². The number of hydrogen-bond donors (Lipinski definition) is 2. The molecule has 0 aliphatic carbocycles. The van der Waals surface area contributed by atoms with Crippen LogP contribution in [0.3, 0.4) is 0 Å². The molecule has 5 heteroatoms. The average molecular weight is 349 g/mol. The molecule has 21 heavy (non-hydrogen) atoms. The van der Waals surface area contributed by atoms with E-state index in [0.29, 0.717) is 0 Å². The van der Waals surface area contributed by atoms with E-state index in [1.807, 2.05) is 14.0 Å². The van der Waals surface area contributed by atoms with E-state index >= 15 is 0 Å². The maximum absolute atomic E-state index is 4.61. The van der Waals surface area contributed by atoms with Crippen molar-refractivity contribution in [1.29, 1.82) is 0 Å². The van der Waals surface area contributed by atoms with Crippen LogP contribution in [0.4, 0.5) is 11.6 Å². The van der Waals surface area contributed by atoms with Crippen molar-refractivity contribution >= 4 is 27.6 Å². The highest BCUT2D eigenvalue weighted by Crippen LogP contribution is 2.25. The van der Waals surface area contributed by atoms with Crippen LogP contribution in [0.5, 0.6) is 0 Å². The fourth-order valence-corrected chi connectivity index (χ4v) is 2.41. The molecule has 0 aliphatic rings. The molecule has 4 nitrogen and oxygen atoms in total. The maximum atomic E-state index is 4.61. The Bertz CT molecular complexity index is 610. The molecule has 2 aromatic rings. The van der Waals surface area contributed by atoms with Gasteiger partial charge in [-0.15, -0.1) is 0 Å². The molecule has 0 saturated carbocycles. The molecule has 0 fully saturated rings. The summed E-state index contributed by atoms with van der Waals surface area (Å²) in [5, 5.41) is 6.62. The largest absolute Gasteiger partial charge is 0.373 e. The number of anilines is 2. The summed E-state index contributed by atoms with van der Waals surface area (Å²) in [5.74, 6) is 2.62. The van der Waals surface area contributed by atoms with Gasteiger partial charge in [-0.05, 0) is 31.5 Å². The second-order valence-corrected chi connectivity index (χ2v) is 5.90. The van der Waals surface area contributed by atoms with E-state index in [9.17, 15) is 0 Å². The highest BCUT2D eigenvalue weighted by Gasteiger charge is 2.12. The van der Waals surface area contributed by atoms with Crippen LogP contribution in [0.25, 0.3) is 0 Å². The molecule has 0 radical (unpaired) electrons. The summed E-state index contributed by atoms with van der Waals surface area (Å²) in [6, 6.07) is 8.50. The zero-order valence-electron chi connectivity index (χ0n) is 12.9. The van der Waals surface area contributed by atoms with Crippen LogP contribution in [0.1, 0.15) is 36.8 Å². The Labute approximate surface area is 134 Å². The second-order valence-electron chi connectivity index (χ2n) is 4.98. The Balaban J connectivity index is 2.27. The quantitative estimate of drug-likeness (QED) is 0.844. The molecule has 1 aromatic heterocycles. The molecular weight excluding hydrogens is 328 g/mol. The van der Waals surface area contributed by atoms with Crippen molar-refractivity contribution in [3.05, 3.63) is 45.7 Å². The molecule has 0 saturated heterocycles. The Morgan fingerprint density at radius 1 is 1.14 bits per heavy atom. The summed E-state index contributed by atoms with van der Waals surface area (Å²) >= 11 is 3.46. The summed E-state index contributed by atoms with van der Waals surface area (Å²) < 4.78 is 1.09. The zero-order chi connectivity index (χ0) is 15.4. The Hall–Kier alpha value is -1.62. The first kappa shape index (κ1) is 15.8. The van der Waals surface area contributed by atoms with E-state index in [4.69, 9.17) is 0 Å². The van der Waals surface area contributed by atoms with Crippen molar-refractivity contribution in [1.82, 2.24) is 9.97 Å². The predicted octanol–water partition coefficient (Wildman–Crippen LogP) is 4.32. The first-order valence-electron chi connectivity index (χ1n) is 7.12. The van der Waals surface area contributed by atoms with Crippen molar-refractivity contribution in [2.45, 2.75) is 33.2 Å². The molecule has 1 aromatic carbocycles. The number of hydrogen-bond acceptors (Lipinski definition) is 4. The average Bonchev–Trinajstić information content (AvgIpc) is 2.49. The van der Waals surface area contributed by atoms with Crippen LogP contribution < -0.4 is 10.6 Å². The third kappa shape index (κ3) is 3.73. The Morgan fingerprint density at radius 3 is 2.33 bits per heavy atom. The Morgan fingerprint density at radius 2 is 1.76 bits per heavy atom. The normalized spacial score (nSPS) is 12.0. The van der Waals surface area contributed by atoms with Gasteiger partial charge >= 0.3 is 0 Å². The van der Waals surface area contributed by atoms with Gasteiger partial charge in [0.25, 0.3) is 0 Å². The molecule has 1 atom stereocenters. The van der Waals surface area contributed by atoms with Crippen molar-refractivity contribution in [3.63, 3.8) is 0 Å². The van der Waals surface area contributed by atoms with E-state index in [0.717, 1.165) is 33.9 Å². The fourth-order valence-electron chi connectivity index (χ4n) is 2.14. The fraction of sp³-hybridized carbons (Fsp3) is 0.375. The molecular formula is C16H21BrN4. The van der Waals surface area contributed by atoms with Gasteiger partial charge in [0.15, 0.2) is 0 Å². The van der Waals surface area contributed by atoms with Crippen LogP contribution in [0, 0.1) is 6.92 Å². The third-order valence-electron chi connectivity index (χ3n) is 3.47. The van der Waals surface area contributed by atoms with Crippen LogP contribution >= 0.6 is 15.9 Å². The number of aromatic nitrogens is 2. The van der Waals surface area contributed by atoms with Gasteiger partial charge in [0, 0.05) is 29.5 Å². The van der Waals surface area contributed by atoms with Crippen molar-refractivity contribution in [3.8, 4) is 0 Å². The highest BCUT2D eigenvalue weighted by molar-refractivity contribution is 9.10. The summed E-state index contributed by atoms with van der Waals surface area (Å²) in [6.45, 7) is 6.23. The van der Waals surface area contributed by atoms with E-state index in [1.54, 1.807) is 0 Å². The van der Waals surface area contributed by atoms with Crippen LogP contribution in [0.2, 0.25) is 0 Å². The summed E-state index contributed by atoms with van der Waals surface area (Å²) in [4.78, 5) is 9.10. The molecule has 112 valence electrons. The Kier molecular flexibility index (Phi) is 5.17. The van der Waals surface area contributed by atoms with Gasteiger partial charge in [0.05, 0.1) is 0 Å². The third-order valence-corrected chi connectivity index (χ3v) is 4.00. The van der Waals surface area contributed by atoms with E-state index < -0.39 is 0 Å². The number of nitrogens with one attached hydrogen (secondary N) is 2. The number of benzene rings is 1. The standard InChI is InChI=1S/C16H21BrN4/c1-5-14-20-15(18-4)10(2)16(21-14)19-11(3)12-6-8-13(17)9-7-12/h6-9,11H,5H2,1-4H3,(H2,18,19,20,21). The molecule has 0 aliphatic heterocycles. The van der Waals surface area contributed by atoms with Crippen molar-refractivity contribution < 1.29 is 0 Å². The minimum absolute atomic E-state index is 0.182. The van der Waals surface area contributed by atoms with Crippen molar-refractivity contribution in [2.75, 3.05) is 17.7 Å². The minimum Gasteiger partial charge on any atom is -0.373 e. The van der Waals surface area contributed by atoms with Crippen molar-refractivity contribution in [2.24, 2.45) is 0 Å². The number of nitrogens with zero attached hydrogens (tertiary/aromatic N) is 2. The lowest BCUT2D eigenvalue weighted by molar-refractivity contribution is 0.852. The molecule has 0 amide bonds. The minimum atomic E-state index is 0.182. The van der Waals surface area contributed by atoms with E-state index in [-0.39, 0.29) is 6.04 Å². The molecule has 0 bridgehead atoms. The first-order chi connectivity index (χ1) is 10.0. The maximum Gasteiger partial charge on any atom is 0.135 e. The van der Waals surface area contributed by atoms with E-state index in [2.05, 4.69) is 74.6 Å². The first-order valence-corrected chi connectivity index (χ1v) is 7.91. The van der Waals surface area contributed by atoms with Crippen LogP contribution in [-0.4, -0.2) is 17.0 Å². The number of aryl methyl sites for hydroxylation is 1. The lowest BCUT2D eigenvalue weighted by Gasteiger charge is -2.18. The topological polar surface area (TPSA) is 49.8 Å². The summed E-state index contributed by atoms with van der Waals surface area (Å²) in [7, 11) is 1.89. The van der Waals surface area contributed by atoms with E-state index in [1.165, 1.54) is 5.56 Å².